The van der Waals surface area contributed by atoms with Gasteiger partial charge >= 0.3 is 0 Å². The Morgan fingerprint density at radius 1 is 1.00 bits per heavy atom. The van der Waals surface area contributed by atoms with Gasteiger partial charge in [-0.3, -0.25) is 0 Å². The van der Waals surface area contributed by atoms with Crippen LogP contribution in [0.25, 0.3) is 5.57 Å². The molecule has 108 valence electrons. The van der Waals surface area contributed by atoms with E-state index in [0.29, 0.717) is 18.4 Å². The number of rotatable bonds is 3. The molecule has 0 unspecified atom stereocenters. The Kier molecular flexibility index (Phi) is 3.87. The van der Waals surface area contributed by atoms with Gasteiger partial charge in [0.15, 0.2) is 0 Å². The molecular weight excluding hydrogens is 266 g/mol. The molecule has 0 amide bonds. The predicted molar refractivity (Wildman–Crippen MR) is 82.2 cm³/mol. The Hall–Kier alpha value is -1.96. The lowest BCUT2D eigenvalue weighted by Gasteiger charge is -2.18. The van der Waals surface area contributed by atoms with E-state index in [2.05, 4.69) is 6.92 Å². The fourth-order valence-corrected chi connectivity index (χ4v) is 2.94. The lowest BCUT2D eigenvalue weighted by Crippen LogP contribution is -2.05. The highest BCUT2D eigenvalue weighted by molar-refractivity contribution is 5.71. The highest BCUT2D eigenvalue weighted by Crippen LogP contribution is 2.30. The van der Waals surface area contributed by atoms with Gasteiger partial charge in [-0.1, -0.05) is 37.6 Å². The molecule has 0 aromatic heterocycles. The summed E-state index contributed by atoms with van der Waals surface area (Å²) in [4.78, 5) is 0. The minimum absolute atomic E-state index is 0.155. The van der Waals surface area contributed by atoms with E-state index in [0.717, 1.165) is 35.1 Å². The van der Waals surface area contributed by atoms with E-state index in [-0.39, 0.29) is 11.6 Å². The van der Waals surface area contributed by atoms with E-state index in [4.69, 9.17) is 0 Å². The molecule has 0 atom stereocenters. The van der Waals surface area contributed by atoms with Crippen molar-refractivity contribution in [2.75, 3.05) is 0 Å². The second kappa shape index (κ2) is 5.80. The Balaban J connectivity index is 1.89. The van der Waals surface area contributed by atoms with Gasteiger partial charge in [-0.15, -0.1) is 0 Å². The van der Waals surface area contributed by atoms with Crippen molar-refractivity contribution >= 4 is 5.57 Å². The number of allylic oxidation sites excluding steroid dienone is 2. The molecule has 0 saturated carbocycles. The fourth-order valence-electron chi connectivity index (χ4n) is 2.94. The van der Waals surface area contributed by atoms with Crippen LogP contribution in [0.4, 0.5) is 8.78 Å². The Morgan fingerprint density at radius 3 is 2.62 bits per heavy atom. The zero-order chi connectivity index (χ0) is 14.8. The average Bonchev–Trinajstić information content (AvgIpc) is 2.47. The summed E-state index contributed by atoms with van der Waals surface area (Å²) in [6, 6.07) is 10.4. The van der Waals surface area contributed by atoms with Crippen LogP contribution in [-0.4, -0.2) is 0 Å². The maximum absolute atomic E-state index is 14.3. The first-order chi connectivity index (χ1) is 10.2. The van der Waals surface area contributed by atoms with E-state index in [1.54, 1.807) is 18.2 Å². The molecule has 0 spiro atoms. The van der Waals surface area contributed by atoms with Gasteiger partial charge < -0.3 is 0 Å². The first-order valence-electron chi connectivity index (χ1n) is 7.42. The van der Waals surface area contributed by atoms with Crippen molar-refractivity contribution < 1.29 is 8.78 Å². The molecule has 0 saturated heterocycles. The minimum Gasteiger partial charge on any atom is -0.207 e. The van der Waals surface area contributed by atoms with Crippen LogP contribution in [0.1, 0.15) is 35.6 Å². The Morgan fingerprint density at radius 2 is 1.86 bits per heavy atom. The van der Waals surface area contributed by atoms with Gasteiger partial charge in [0.05, 0.1) is 0 Å². The minimum atomic E-state index is -0.208. The van der Waals surface area contributed by atoms with Crippen molar-refractivity contribution in [2.45, 2.75) is 32.6 Å². The van der Waals surface area contributed by atoms with E-state index >= 15 is 0 Å². The van der Waals surface area contributed by atoms with Crippen LogP contribution in [0.15, 0.2) is 42.5 Å². The number of hydrogen-bond acceptors (Lipinski definition) is 0. The lowest BCUT2D eigenvalue weighted by molar-refractivity contribution is 0.619. The van der Waals surface area contributed by atoms with E-state index < -0.39 is 0 Å². The summed E-state index contributed by atoms with van der Waals surface area (Å²) in [6.45, 7) is 2.09. The molecule has 0 fully saturated rings. The maximum atomic E-state index is 14.3. The highest BCUT2D eigenvalue weighted by Gasteiger charge is 2.15. The quantitative estimate of drug-likeness (QED) is 0.735. The van der Waals surface area contributed by atoms with Crippen molar-refractivity contribution in [3.8, 4) is 0 Å². The van der Waals surface area contributed by atoms with Crippen LogP contribution in [0.2, 0.25) is 0 Å². The number of aryl methyl sites for hydroxylation is 1. The monoisotopic (exact) mass is 284 g/mol. The van der Waals surface area contributed by atoms with Crippen molar-refractivity contribution in [2.24, 2.45) is 0 Å². The van der Waals surface area contributed by atoms with E-state index in [9.17, 15) is 8.78 Å². The number of benzene rings is 2. The van der Waals surface area contributed by atoms with Crippen LogP contribution in [-0.2, 0) is 19.3 Å². The Bertz CT molecular complexity index is 699. The molecular formula is C19H18F2. The molecule has 1 aliphatic rings. The summed E-state index contributed by atoms with van der Waals surface area (Å²) in [5.41, 5.74) is 4.80. The largest absolute Gasteiger partial charge is 0.207 e. The summed E-state index contributed by atoms with van der Waals surface area (Å²) in [5.74, 6) is -0.363. The molecule has 0 radical (unpaired) electrons. The van der Waals surface area contributed by atoms with Crippen LogP contribution in [0, 0.1) is 11.6 Å². The van der Waals surface area contributed by atoms with Gasteiger partial charge in [-0.05, 0) is 59.7 Å². The molecule has 0 aliphatic heterocycles. The molecule has 1 aliphatic carbocycles. The molecule has 2 aromatic rings. The van der Waals surface area contributed by atoms with E-state index in [1.807, 2.05) is 18.2 Å². The normalized spacial score (nSPS) is 13.8. The molecule has 0 nitrogen and oxygen atoms in total. The molecule has 0 N–H and O–H groups in total. The van der Waals surface area contributed by atoms with Crippen LogP contribution in [0.5, 0.6) is 0 Å². The molecule has 21 heavy (non-hydrogen) atoms. The van der Waals surface area contributed by atoms with Crippen molar-refractivity contribution in [1.29, 1.82) is 0 Å². The van der Waals surface area contributed by atoms with E-state index in [1.165, 1.54) is 6.07 Å². The fraction of sp³-hybridized carbons (Fsp3) is 0.263. The molecule has 0 bridgehead atoms. The maximum Gasteiger partial charge on any atom is 0.130 e. The Labute approximate surface area is 124 Å². The number of halogens is 2. The van der Waals surface area contributed by atoms with Crippen LogP contribution in [0.3, 0.4) is 0 Å². The SMILES string of the molecule is CCCc1ccc(C2=CCc3cc(F)ccc3C2)c(F)c1. The standard InChI is InChI=1S/C19H18F2/c1-2-3-13-4-9-18(19(21)10-13)16-6-5-15-12-17(20)8-7-14(15)11-16/h4,6-10,12H,2-3,5,11H2,1H3. The van der Waals surface area contributed by atoms with Gasteiger partial charge in [-0.2, -0.15) is 0 Å². The van der Waals surface area contributed by atoms with Gasteiger partial charge in [0.1, 0.15) is 11.6 Å². The van der Waals surface area contributed by atoms with Crippen LogP contribution < -0.4 is 0 Å². The first kappa shape index (κ1) is 14.0. The van der Waals surface area contributed by atoms with Crippen molar-refractivity contribution in [3.63, 3.8) is 0 Å². The zero-order valence-electron chi connectivity index (χ0n) is 12.1. The summed E-state index contributed by atoms with van der Waals surface area (Å²) in [6.07, 6.45) is 5.26. The highest BCUT2D eigenvalue weighted by atomic mass is 19.1. The van der Waals surface area contributed by atoms with Crippen molar-refractivity contribution in [1.82, 2.24) is 0 Å². The average molecular weight is 284 g/mol. The van der Waals surface area contributed by atoms with Gasteiger partial charge in [-0.25, -0.2) is 8.78 Å². The molecule has 0 heterocycles. The van der Waals surface area contributed by atoms with Crippen LogP contribution >= 0.6 is 0 Å². The lowest BCUT2D eigenvalue weighted by atomic mass is 9.87. The smallest absolute Gasteiger partial charge is 0.130 e. The topological polar surface area (TPSA) is 0 Å². The summed E-state index contributed by atoms with van der Waals surface area (Å²) in [5, 5.41) is 0. The second-order valence-electron chi connectivity index (χ2n) is 5.59. The molecule has 2 heteroatoms. The zero-order valence-corrected chi connectivity index (χ0v) is 12.1. The number of fused-ring (bicyclic) bond motifs is 1. The summed E-state index contributed by atoms with van der Waals surface area (Å²) >= 11 is 0. The van der Waals surface area contributed by atoms with Crippen molar-refractivity contribution in [3.05, 3.63) is 76.4 Å². The first-order valence-corrected chi connectivity index (χ1v) is 7.42. The van der Waals surface area contributed by atoms with Gasteiger partial charge in [0.2, 0.25) is 0 Å². The third kappa shape index (κ3) is 2.90. The molecule has 2 aromatic carbocycles. The molecule has 3 rings (SSSR count). The summed E-state index contributed by atoms with van der Waals surface area (Å²) < 4.78 is 27.5. The summed E-state index contributed by atoms with van der Waals surface area (Å²) in [7, 11) is 0. The third-order valence-electron chi connectivity index (χ3n) is 4.04. The predicted octanol–water partition coefficient (Wildman–Crippen LogP) is 5.10. The third-order valence-corrected chi connectivity index (χ3v) is 4.04. The number of hydrogen-bond donors (Lipinski definition) is 0. The van der Waals surface area contributed by atoms with Gasteiger partial charge in [0.25, 0.3) is 0 Å². The van der Waals surface area contributed by atoms with Gasteiger partial charge in [0, 0.05) is 5.56 Å². The second-order valence-corrected chi connectivity index (χ2v) is 5.59.